The molecule has 3 aromatic rings. The normalized spacial score (nSPS) is 10.8. The molecule has 3 N–H and O–H groups in total. The Morgan fingerprint density at radius 3 is 2.57 bits per heavy atom. The fourth-order valence-corrected chi connectivity index (χ4v) is 2.83. The summed E-state index contributed by atoms with van der Waals surface area (Å²) in [6.07, 6.45) is 1.71. The Morgan fingerprint density at radius 1 is 1.05 bits per heavy atom. The van der Waals surface area contributed by atoms with E-state index in [1.165, 1.54) is 12.1 Å². The fraction of sp³-hybridized carbons (Fsp3) is 0. The van der Waals surface area contributed by atoms with Gasteiger partial charge in [-0.15, -0.1) is 0 Å². The van der Waals surface area contributed by atoms with Gasteiger partial charge in [0.2, 0.25) is 0 Å². The Morgan fingerprint density at radius 2 is 1.81 bits per heavy atom. The second-order valence-electron chi connectivity index (χ2n) is 4.50. The van der Waals surface area contributed by atoms with Crippen LogP contribution in [0.5, 0.6) is 0 Å². The number of rotatable bonds is 2. The lowest BCUT2D eigenvalue weighted by molar-refractivity contribution is 0.627. The maximum absolute atomic E-state index is 13.1. The van der Waals surface area contributed by atoms with Gasteiger partial charge in [-0.05, 0) is 68.3 Å². The maximum atomic E-state index is 13.1. The van der Waals surface area contributed by atoms with E-state index in [2.05, 4.69) is 42.2 Å². The number of nitrogen functional groups attached to an aromatic ring is 1. The number of aromatic nitrogens is 1. The van der Waals surface area contributed by atoms with Gasteiger partial charge in [0.1, 0.15) is 5.82 Å². The topological polar surface area (TPSA) is 50.9 Å². The molecule has 2 aromatic carbocycles. The van der Waals surface area contributed by atoms with Gasteiger partial charge in [0.25, 0.3) is 0 Å². The zero-order valence-corrected chi connectivity index (χ0v) is 13.9. The molecule has 6 heteroatoms. The molecule has 0 fully saturated rings. The van der Waals surface area contributed by atoms with E-state index >= 15 is 0 Å². The number of hydrogen-bond donors (Lipinski definition) is 2. The first-order chi connectivity index (χ1) is 10.0. The largest absolute Gasteiger partial charge is 0.398 e. The van der Waals surface area contributed by atoms with Crippen LogP contribution < -0.4 is 11.1 Å². The van der Waals surface area contributed by atoms with Crippen molar-refractivity contribution in [1.82, 2.24) is 4.98 Å². The Kier molecular flexibility index (Phi) is 3.82. The van der Waals surface area contributed by atoms with Crippen molar-refractivity contribution < 1.29 is 4.39 Å². The Bertz CT molecular complexity index is 837. The Hall–Kier alpha value is -1.66. The van der Waals surface area contributed by atoms with Crippen molar-refractivity contribution in [1.29, 1.82) is 0 Å². The van der Waals surface area contributed by atoms with Gasteiger partial charge in [-0.3, -0.25) is 4.98 Å². The number of anilines is 3. The van der Waals surface area contributed by atoms with E-state index in [9.17, 15) is 4.39 Å². The number of nitrogens with zero attached hydrogens (tertiary/aromatic N) is 1. The van der Waals surface area contributed by atoms with Crippen LogP contribution >= 0.6 is 31.9 Å². The quantitative estimate of drug-likeness (QED) is 0.569. The molecule has 3 nitrogen and oxygen atoms in total. The summed E-state index contributed by atoms with van der Waals surface area (Å²) in [4.78, 5) is 4.41. The molecule has 0 saturated heterocycles. The van der Waals surface area contributed by atoms with Gasteiger partial charge in [0.15, 0.2) is 0 Å². The molecule has 1 aromatic heterocycles. The van der Waals surface area contributed by atoms with Gasteiger partial charge in [-0.1, -0.05) is 0 Å². The molecule has 1 heterocycles. The van der Waals surface area contributed by atoms with Crippen LogP contribution in [-0.4, -0.2) is 4.98 Å². The molecule has 21 heavy (non-hydrogen) atoms. The molecule has 0 radical (unpaired) electrons. The van der Waals surface area contributed by atoms with Gasteiger partial charge < -0.3 is 11.1 Å². The lowest BCUT2D eigenvalue weighted by Gasteiger charge is -2.12. The summed E-state index contributed by atoms with van der Waals surface area (Å²) in [7, 11) is 0. The summed E-state index contributed by atoms with van der Waals surface area (Å²) < 4.78 is 14.7. The van der Waals surface area contributed by atoms with Crippen molar-refractivity contribution in [2.75, 3.05) is 11.1 Å². The van der Waals surface area contributed by atoms with Gasteiger partial charge >= 0.3 is 0 Å². The summed E-state index contributed by atoms with van der Waals surface area (Å²) in [5.41, 5.74) is 8.96. The fourth-order valence-electron chi connectivity index (χ4n) is 2.05. The summed E-state index contributed by atoms with van der Waals surface area (Å²) >= 11 is 6.73. The zero-order valence-electron chi connectivity index (χ0n) is 10.7. The van der Waals surface area contributed by atoms with Crippen LogP contribution in [0.25, 0.3) is 10.9 Å². The van der Waals surface area contributed by atoms with Crippen LogP contribution in [0.2, 0.25) is 0 Å². The Balaban J connectivity index is 2.11. The average Bonchev–Trinajstić information content (AvgIpc) is 2.45. The van der Waals surface area contributed by atoms with Gasteiger partial charge in [0, 0.05) is 26.2 Å². The number of halogens is 3. The third kappa shape index (κ3) is 2.87. The molecule has 0 saturated carbocycles. The van der Waals surface area contributed by atoms with Crippen LogP contribution in [0.3, 0.4) is 0 Å². The molecule has 106 valence electrons. The van der Waals surface area contributed by atoms with Gasteiger partial charge in [-0.2, -0.15) is 0 Å². The van der Waals surface area contributed by atoms with Crippen molar-refractivity contribution >= 4 is 59.8 Å². The molecule has 0 aliphatic heterocycles. The number of nitrogens with one attached hydrogen (secondary N) is 1. The minimum Gasteiger partial charge on any atom is -0.398 e. The third-order valence-corrected chi connectivity index (χ3v) is 4.14. The maximum Gasteiger partial charge on any atom is 0.124 e. The van der Waals surface area contributed by atoms with Crippen LogP contribution in [0.15, 0.2) is 51.5 Å². The van der Waals surface area contributed by atoms with Crippen molar-refractivity contribution in [2.24, 2.45) is 0 Å². The van der Waals surface area contributed by atoms with E-state index < -0.39 is 0 Å². The van der Waals surface area contributed by atoms with Crippen molar-refractivity contribution in [3.63, 3.8) is 0 Å². The molecule has 3 rings (SSSR count). The van der Waals surface area contributed by atoms with E-state index in [-0.39, 0.29) is 5.82 Å². The minimum atomic E-state index is -0.295. The first kappa shape index (κ1) is 14.3. The third-order valence-electron chi connectivity index (χ3n) is 3.05. The summed E-state index contributed by atoms with van der Waals surface area (Å²) in [6.45, 7) is 0. The van der Waals surface area contributed by atoms with Gasteiger partial charge in [0.05, 0.1) is 16.9 Å². The van der Waals surface area contributed by atoms with Gasteiger partial charge in [-0.25, -0.2) is 4.39 Å². The first-order valence-electron chi connectivity index (χ1n) is 6.10. The predicted molar refractivity (Wildman–Crippen MR) is 91.2 cm³/mol. The lowest BCUT2D eigenvalue weighted by atomic mass is 10.1. The Labute approximate surface area is 137 Å². The first-order valence-corrected chi connectivity index (χ1v) is 7.69. The predicted octanol–water partition coefficient (Wildman–Crippen LogP) is 5.22. The molecular weight excluding hydrogens is 401 g/mol. The van der Waals surface area contributed by atoms with E-state index in [0.29, 0.717) is 10.2 Å². The molecular formula is C15H10Br2FN3. The molecule has 0 atom stereocenters. The summed E-state index contributed by atoms with van der Waals surface area (Å²) in [6, 6.07) is 10.1. The second-order valence-corrected chi connectivity index (χ2v) is 6.27. The highest BCUT2D eigenvalue weighted by atomic mass is 79.9. The standard InChI is InChI=1S/C15H10Br2FN3/c16-8-5-10-12(19)2-4-14(15(10)20-7-8)21-13-3-1-9(18)6-11(13)17/h1-7,21H,19H2. The molecule has 0 spiro atoms. The molecule has 0 aliphatic rings. The van der Waals surface area contributed by atoms with Crippen LogP contribution in [-0.2, 0) is 0 Å². The highest BCUT2D eigenvalue weighted by Gasteiger charge is 2.08. The van der Waals surface area contributed by atoms with Crippen LogP contribution in [0.1, 0.15) is 0 Å². The number of hydrogen-bond acceptors (Lipinski definition) is 3. The highest BCUT2D eigenvalue weighted by Crippen LogP contribution is 2.33. The summed E-state index contributed by atoms with van der Waals surface area (Å²) in [5, 5.41) is 4.10. The number of pyridine rings is 1. The monoisotopic (exact) mass is 409 g/mol. The lowest BCUT2D eigenvalue weighted by Crippen LogP contribution is -1.97. The van der Waals surface area contributed by atoms with E-state index in [4.69, 9.17) is 5.73 Å². The molecule has 0 unspecified atom stereocenters. The molecule has 0 aliphatic carbocycles. The summed E-state index contributed by atoms with van der Waals surface area (Å²) in [5.74, 6) is -0.295. The van der Waals surface area contributed by atoms with E-state index in [0.717, 1.165) is 26.8 Å². The SMILES string of the molecule is Nc1ccc(Nc2ccc(F)cc2Br)c2ncc(Br)cc12. The average molecular weight is 411 g/mol. The molecule has 0 amide bonds. The van der Waals surface area contributed by atoms with Crippen molar-refractivity contribution in [2.45, 2.75) is 0 Å². The van der Waals surface area contributed by atoms with Crippen molar-refractivity contribution in [3.8, 4) is 0 Å². The van der Waals surface area contributed by atoms with E-state index in [1.54, 1.807) is 12.3 Å². The molecule has 0 bridgehead atoms. The highest BCUT2D eigenvalue weighted by molar-refractivity contribution is 9.10. The number of fused-ring (bicyclic) bond motifs is 1. The number of benzene rings is 2. The smallest absolute Gasteiger partial charge is 0.124 e. The van der Waals surface area contributed by atoms with Crippen molar-refractivity contribution in [3.05, 3.63) is 57.4 Å². The second kappa shape index (κ2) is 5.61. The van der Waals surface area contributed by atoms with E-state index in [1.807, 2.05) is 18.2 Å². The zero-order chi connectivity index (χ0) is 15.0. The van der Waals surface area contributed by atoms with Crippen LogP contribution in [0, 0.1) is 5.82 Å². The minimum absolute atomic E-state index is 0.295. The van der Waals surface area contributed by atoms with Crippen LogP contribution in [0.4, 0.5) is 21.5 Å². The number of nitrogens with two attached hydrogens (primary N) is 1.